The summed E-state index contributed by atoms with van der Waals surface area (Å²) in [5.41, 5.74) is 0. The first-order chi connectivity index (χ1) is 1.00. The molecule has 0 bridgehead atoms. The summed E-state index contributed by atoms with van der Waals surface area (Å²) in [6.07, 6.45) is 0. The Balaban J connectivity index is -0.00000000500. The monoisotopic (exact) mass is 146 g/mol. The van der Waals surface area contributed by atoms with Gasteiger partial charge in [0.05, 0.1) is 0 Å². The van der Waals surface area contributed by atoms with Crippen LogP contribution >= 0.6 is 0 Å². The molecule has 2 nitrogen and oxygen atoms in total. The van der Waals surface area contributed by atoms with Crippen molar-refractivity contribution in [1.29, 1.82) is 0 Å². The summed E-state index contributed by atoms with van der Waals surface area (Å²) in [5.74, 6) is 0. The Bertz CT molecular complexity index is 4.00. The van der Waals surface area contributed by atoms with Crippen molar-refractivity contribution in [2.24, 2.45) is 0 Å². The molecule has 0 fully saturated rings. The Morgan fingerprint density at radius 3 is 1.25 bits per heavy atom. The standard InChI is InChI=1S/2Fe.H2O.O/h;;1H2;. The Labute approximate surface area is 42.8 Å². The molecule has 4 heavy (non-hydrogen) atoms. The second kappa shape index (κ2) is 46.6. The van der Waals surface area contributed by atoms with Crippen molar-refractivity contribution in [3.8, 4) is 0 Å². The topological polar surface area (TPSA) is 48.6 Å². The predicted octanol–water partition coefficient (Wildman–Crippen LogP) is -0.949. The molecular formula is H2Fe2O2. The minimum absolute atomic E-state index is 0. The van der Waals surface area contributed by atoms with E-state index in [4.69, 9.17) is 3.83 Å². The van der Waals surface area contributed by atoms with Gasteiger partial charge in [-0.05, 0) is 0 Å². The van der Waals surface area contributed by atoms with Crippen LogP contribution in [-0.2, 0) is 36.8 Å². The molecule has 0 radical (unpaired) electrons. The fourth-order valence-corrected chi connectivity index (χ4v) is 0. The average molecular weight is 146 g/mol. The molecule has 0 rings (SSSR count). The van der Waals surface area contributed by atoms with Crippen molar-refractivity contribution in [2.75, 3.05) is 0 Å². The van der Waals surface area contributed by atoms with Gasteiger partial charge in [-0.1, -0.05) is 0 Å². The van der Waals surface area contributed by atoms with E-state index in [0.717, 1.165) is 0 Å². The summed E-state index contributed by atoms with van der Waals surface area (Å²) in [6.45, 7) is 0. The van der Waals surface area contributed by atoms with Crippen molar-refractivity contribution >= 4 is 0 Å². The molecule has 4 heteroatoms. The van der Waals surface area contributed by atoms with Crippen LogP contribution in [0.2, 0.25) is 0 Å². The van der Waals surface area contributed by atoms with Gasteiger partial charge in [0.25, 0.3) is 0 Å². The minimum atomic E-state index is 0. The van der Waals surface area contributed by atoms with Gasteiger partial charge in [-0.2, -0.15) is 0 Å². The maximum atomic E-state index is 8.00. The number of hydrogen-bond donors (Lipinski definition) is 0. The van der Waals surface area contributed by atoms with Gasteiger partial charge in [0.2, 0.25) is 0 Å². The number of rotatable bonds is 0. The first kappa shape index (κ1) is 21.4. The summed E-state index contributed by atoms with van der Waals surface area (Å²) in [4.78, 5) is 0. The van der Waals surface area contributed by atoms with E-state index in [0.29, 0.717) is 0 Å². The van der Waals surface area contributed by atoms with E-state index in [1.165, 1.54) is 0 Å². The first-order valence-corrected chi connectivity index (χ1v) is 0.595. The van der Waals surface area contributed by atoms with Crippen LogP contribution in [0.5, 0.6) is 0 Å². The fourth-order valence-electron chi connectivity index (χ4n) is 0. The third-order valence-corrected chi connectivity index (χ3v) is 0. The molecule has 30 valence electrons. The Kier molecular flexibility index (Phi) is 249. The molecule has 0 aromatic carbocycles. The Morgan fingerprint density at radius 1 is 1.25 bits per heavy atom. The molecule has 0 spiro atoms. The molecule has 2 N–H and O–H groups in total. The molecule has 0 unspecified atom stereocenters. The molecule has 0 saturated heterocycles. The zero-order chi connectivity index (χ0) is 2.00. The van der Waals surface area contributed by atoms with E-state index in [2.05, 4.69) is 0 Å². The van der Waals surface area contributed by atoms with Crippen LogP contribution in [0.4, 0.5) is 0 Å². The molecule has 0 heterocycles. The first-order valence-electron chi connectivity index (χ1n) is 0.144. The second-order valence-electron chi connectivity index (χ2n) is 0. The summed E-state index contributed by atoms with van der Waals surface area (Å²) >= 11 is 2.00. The van der Waals surface area contributed by atoms with Gasteiger partial charge in [-0.25, -0.2) is 0 Å². The normalized spacial score (nSPS) is 1.25. The summed E-state index contributed by atoms with van der Waals surface area (Å²) in [7, 11) is 0. The van der Waals surface area contributed by atoms with Crippen molar-refractivity contribution in [3.05, 3.63) is 0 Å². The third-order valence-electron chi connectivity index (χ3n) is 0. The SMILES string of the molecule is O.[Fe].[O]=[Fe]. The molecule has 0 amide bonds. The van der Waals surface area contributed by atoms with Crippen molar-refractivity contribution in [1.82, 2.24) is 0 Å². The van der Waals surface area contributed by atoms with Crippen molar-refractivity contribution in [2.45, 2.75) is 0 Å². The van der Waals surface area contributed by atoms with Crippen LogP contribution in [0.25, 0.3) is 0 Å². The van der Waals surface area contributed by atoms with Gasteiger partial charge < -0.3 is 5.48 Å². The van der Waals surface area contributed by atoms with E-state index in [1.807, 2.05) is 15.9 Å². The van der Waals surface area contributed by atoms with Gasteiger partial charge in [0, 0.05) is 17.1 Å². The molecule has 0 saturated carbocycles. The second-order valence-corrected chi connectivity index (χ2v) is 0. The molecule has 0 atom stereocenters. The van der Waals surface area contributed by atoms with Crippen LogP contribution in [0, 0.1) is 0 Å². The Hall–Kier alpha value is 0.799. The van der Waals surface area contributed by atoms with Crippen LogP contribution in [-0.4, -0.2) is 5.48 Å². The fraction of sp³-hybridized carbons (Fsp3) is 0. The van der Waals surface area contributed by atoms with Crippen molar-refractivity contribution in [3.63, 3.8) is 0 Å². The van der Waals surface area contributed by atoms with E-state index in [1.54, 1.807) is 0 Å². The predicted molar refractivity (Wildman–Crippen MR) is 4.30 cm³/mol. The summed E-state index contributed by atoms with van der Waals surface area (Å²) in [5, 5.41) is 0. The van der Waals surface area contributed by atoms with Crippen molar-refractivity contribution < 1.29 is 42.3 Å². The molecular weight excluding hydrogens is 144 g/mol. The van der Waals surface area contributed by atoms with Crippen LogP contribution in [0.1, 0.15) is 0 Å². The molecule has 0 aliphatic rings. The zero-order valence-corrected chi connectivity index (χ0v) is 3.82. The van der Waals surface area contributed by atoms with Gasteiger partial charge in [0.15, 0.2) is 0 Å². The van der Waals surface area contributed by atoms with Crippen LogP contribution in [0.15, 0.2) is 0 Å². The summed E-state index contributed by atoms with van der Waals surface area (Å²) in [6, 6.07) is 0. The van der Waals surface area contributed by atoms with E-state index in [-0.39, 0.29) is 22.5 Å². The van der Waals surface area contributed by atoms with E-state index < -0.39 is 0 Å². The van der Waals surface area contributed by atoms with E-state index in [9.17, 15) is 0 Å². The van der Waals surface area contributed by atoms with E-state index >= 15 is 0 Å². The number of hydrogen-bond acceptors (Lipinski definition) is 1. The average Bonchev–Trinajstić information content (AvgIpc) is 1.00. The molecule has 0 aromatic rings. The van der Waals surface area contributed by atoms with Crippen LogP contribution < -0.4 is 0 Å². The molecule has 0 aliphatic heterocycles. The summed E-state index contributed by atoms with van der Waals surface area (Å²) < 4.78 is 8.00. The van der Waals surface area contributed by atoms with Crippen LogP contribution in [0.3, 0.4) is 0 Å². The third kappa shape index (κ3) is 14.2. The molecule has 0 aromatic heterocycles. The zero-order valence-electron chi connectivity index (χ0n) is 1.62. The maximum absolute atomic E-state index is 8.00. The van der Waals surface area contributed by atoms with Gasteiger partial charge in [-0.3, -0.25) is 0 Å². The van der Waals surface area contributed by atoms with Gasteiger partial charge >= 0.3 is 19.8 Å². The quantitative estimate of drug-likeness (QED) is 0.406. The van der Waals surface area contributed by atoms with Gasteiger partial charge in [0.1, 0.15) is 0 Å². The van der Waals surface area contributed by atoms with Gasteiger partial charge in [-0.15, -0.1) is 0 Å². The molecule has 0 aliphatic carbocycles. The Morgan fingerprint density at radius 2 is 1.25 bits per heavy atom.